The zero-order valence-electron chi connectivity index (χ0n) is 12.5. The molecule has 0 bridgehead atoms. The van der Waals surface area contributed by atoms with Crippen molar-refractivity contribution in [3.8, 4) is 0 Å². The van der Waals surface area contributed by atoms with E-state index in [1.54, 1.807) is 17.5 Å². The molecule has 3 aromatic rings. The van der Waals surface area contributed by atoms with E-state index < -0.39 is 4.92 Å². The number of thiophene rings is 1. The zero-order chi connectivity index (χ0) is 17.3. The van der Waals surface area contributed by atoms with Gasteiger partial charge in [0.15, 0.2) is 5.78 Å². The molecule has 0 atom stereocenters. The summed E-state index contributed by atoms with van der Waals surface area (Å²) < 4.78 is 0. The molecule has 0 saturated carbocycles. The number of fused-ring (bicyclic) bond motifs is 1. The van der Waals surface area contributed by atoms with Crippen LogP contribution in [0.15, 0.2) is 41.8 Å². The van der Waals surface area contributed by atoms with Gasteiger partial charge in [-0.25, -0.2) is 4.98 Å². The van der Waals surface area contributed by atoms with Crippen LogP contribution in [0.4, 0.5) is 11.5 Å². The minimum atomic E-state index is -0.474. The summed E-state index contributed by atoms with van der Waals surface area (Å²) in [4.78, 5) is 38.4. The SMILES string of the molecule is CC(=O)c1csc(C(=O)Nc2ccc3cc([N+](=O)[O-])ccc3n2)c1. The number of rotatable bonds is 4. The van der Waals surface area contributed by atoms with Gasteiger partial charge in [-0.05, 0) is 31.2 Å². The number of hydrogen-bond donors (Lipinski definition) is 1. The smallest absolute Gasteiger partial charge is 0.270 e. The topological polar surface area (TPSA) is 102 Å². The van der Waals surface area contributed by atoms with Gasteiger partial charge in [-0.2, -0.15) is 0 Å². The van der Waals surface area contributed by atoms with Crippen molar-refractivity contribution in [2.75, 3.05) is 5.32 Å². The van der Waals surface area contributed by atoms with E-state index in [1.165, 1.54) is 42.5 Å². The van der Waals surface area contributed by atoms with Crippen LogP contribution in [0.3, 0.4) is 0 Å². The van der Waals surface area contributed by atoms with E-state index in [-0.39, 0.29) is 17.4 Å². The predicted octanol–water partition coefficient (Wildman–Crippen LogP) is 3.66. The third-order valence-electron chi connectivity index (χ3n) is 3.35. The highest BCUT2D eigenvalue weighted by Crippen LogP contribution is 2.22. The molecule has 1 N–H and O–H groups in total. The van der Waals surface area contributed by atoms with Gasteiger partial charge < -0.3 is 5.32 Å². The van der Waals surface area contributed by atoms with Crippen molar-refractivity contribution in [2.24, 2.45) is 0 Å². The fraction of sp³-hybridized carbons (Fsp3) is 0.0625. The highest BCUT2D eigenvalue weighted by atomic mass is 32.1. The first-order chi connectivity index (χ1) is 11.4. The Labute approximate surface area is 140 Å². The summed E-state index contributed by atoms with van der Waals surface area (Å²) in [7, 11) is 0. The molecule has 1 amide bonds. The van der Waals surface area contributed by atoms with Crippen LogP contribution in [0.2, 0.25) is 0 Å². The number of ketones is 1. The van der Waals surface area contributed by atoms with Crippen LogP contribution < -0.4 is 5.32 Å². The normalized spacial score (nSPS) is 10.5. The molecule has 0 radical (unpaired) electrons. The Morgan fingerprint density at radius 2 is 2.00 bits per heavy atom. The molecule has 0 aliphatic rings. The number of carbonyl (C=O) groups excluding carboxylic acids is 2. The third-order valence-corrected chi connectivity index (χ3v) is 4.28. The maximum Gasteiger partial charge on any atom is 0.270 e. The third kappa shape index (κ3) is 3.13. The molecule has 7 nitrogen and oxygen atoms in total. The molecule has 1 aromatic carbocycles. The molecule has 24 heavy (non-hydrogen) atoms. The summed E-state index contributed by atoms with van der Waals surface area (Å²) in [5.74, 6) is -0.129. The number of amides is 1. The molecule has 0 aliphatic carbocycles. The molecule has 0 saturated heterocycles. The zero-order valence-corrected chi connectivity index (χ0v) is 13.3. The number of carbonyl (C=O) groups is 2. The second-order valence-electron chi connectivity index (χ2n) is 5.04. The number of nitrogens with zero attached hydrogens (tertiary/aromatic N) is 2. The molecule has 0 fully saturated rings. The lowest BCUT2D eigenvalue weighted by atomic mass is 10.2. The summed E-state index contributed by atoms with van der Waals surface area (Å²) in [5, 5.41) is 15.7. The molecular weight excluding hydrogens is 330 g/mol. The second kappa shape index (κ2) is 6.17. The number of Topliss-reactive ketones (excluding diaryl/α,β-unsaturated/α-hetero) is 1. The van der Waals surface area contributed by atoms with Crippen molar-refractivity contribution in [1.82, 2.24) is 4.98 Å². The van der Waals surface area contributed by atoms with E-state index in [0.717, 1.165) is 0 Å². The number of nitro benzene ring substituents is 1. The standard InChI is InChI=1S/C16H11N3O4S/c1-9(20)11-7-14(24-8-11)16(21)18-15-5-2-10-6-12(19(22)23)3-4-13(10)17-15/h2-8H,1H3,(H,17,18,21). The quantitative estimate of drug-likeness (QED) is 0.443. The minimum Gasteiger partial charge on any atom is -0.306 e. The van der Waals surface area contributed by atoms with Crippen LogP contribution in [-0.2, 0) is 0 Å². The van der Waals surface area contributed by atoms with Crippen molar-refractivity contribution >= 4 is 45.4 Å². The van der Waals surface area contributed by atoms with Gasteiger partial charge in [-0.3, -0.25) is 19.7 Å². The van der Waals surface area contributed by atoms with Crippen molar-refractivity contribution in [3.63, 3.8) is 0 Å². The van der Waals surface area contributed by atoms with Crippen LogP contribution in [0.1, 0.15) is 27.0 Å². The van der Waals surface area contributed by atoms with Gasteiger partial charge in [-0.1, -0.05) is 0 Å². The molecule has 0 unspecified atom stereocenters. The number of aromatic nitrogens is 1. The molecule has 2 aromatic heterocycles. The lowest BCUT2D eigenvalue weighted by molar-refractivity contribution is -0.384. The summed E-state index contributed by atoms with van der Waals surface area (Å²) >= 11 is 1.18. The number of non-ortho nitro benzene ring substituents is 1. The van der Waals surface area contributed by atoms with Gasteiger partial charge in [-0.15, -0.1) is 11.3 Å². The first kappa shape index (κ1) is 15.8. The molecule has 3 rings (SSSR count). The largest absolute Gasteiger partial charge is 0.306 e. The first-order valence-electron chi connectivity index (χ1n) is 6.90. The monoisotopic (exact) mass is 341 g/mol. The van der Waals surface area contributed by atoms with Gasteiger partial charge in [0.25, 0.3) is 11.6 Å². The van der Waals surface area contributed by atoms with Gasteiger partial charge in [0.05, 0.1) is 15.3 Å². The van der Waals surface area contributed by atoms with Crippen molar-refractivity contribution in [3.05, 3.63) is 62.3 Å². The average molecular weight is 341 g/mol. The number of nitro groups is 1. The Morgan fingerprint density at radius 3 is 2.67 bits per heavy atom. The Morgan fingerprint density at radius 1 is 1.21 bits per heavy atom. The number of nitrogens with one attached hydrogen (secondary N) is 1. The Bertz CT molecular complexity index is 980. The average Bonchev–Trinajstić information content (AvgIpc) is 3.04. The van der Waals surface area contributed by atoms with Gasteiger partial charge in [0.1, 0.15) is 5.82 Å². The molecule has 0 aliphatic heterocycles. The summed E-state index contributed by atoms with van der Waals surface area (Å²) in [6.07, 6.45) is 0. The van der Waals surface area contributed by atoms with Crippen LogP contribution in [-0.4, -0.2) is 21.6 Å². The van der Waals surface area contributed by atoms with Crippen molar-refractivity contribution < 1.29 is 14.5 Å². The fourth-order valence-electron chi connectivity index (χ4n) is 2.11. The van der Waals surface area contributed by atoms with E-state index >= 15 is 0 Å². The van der Waals surface area contributed by atoms with E-state index in [4.69, 9.17) is 0 Å². The maximum absolute atomic E-state index is 12.2. The van der Waals surface area contributed by atoms with E-state index in [0.29, 0.717) is 27.2 Å². The second-order valence-corrected chi connectivity index (χ2v) is 5.95. The fourth-order valence-corrected chi connectivity index (χ4v) is 2.96. The number of anilines is 1. The van der Waals surface area contributed by atoms with E-state index in [1.807, 2.05) is 0 Å². The molecular formula is C16H11N3O4S. The van der Waals surface area contributed by atoms with Crippen molar-refractivity contribution in [1.29, 1.82) is 0 Å². The number of benzene rings is 1. The number of hydrogen-bond acceptors (Lipinski definition) is 6. The van der Waals surface area contributed by atoms with Crippen molar-refractivity contribution in [2.45, 2.75) is 6.92 Å². The Kier molecular flexibility index (Phi) is 4.05. The summed E-state index contributed by atoms with van der Waals surface area (Å²) in [6.45, 7) is 1.44. The van der Waals surface area contributed by atoms with Crippen LogP contribution >= 0.6 is 11.3 Å². The minimum absolute atomic E-state index is 0.0172. The molecule has 8 heteroatoms. The summed E-state index contributed by atoms with van der Waals surface area (Å²) in [6, 6.07) is 9.07. The van der Waals surface area contributed by atoms with E-state index in [2.05, 4.69) is 10.3 Å². The highest BCUT2D eigenvalue weighted by molar-refractivity contribution is 7.12. The van der Waals surface area contributed by atoms with Gasteiger partial charge in [0.2, 0.25) is 0 Å². The Hall–Kier alpha value is -3.13. The van der Waals surface area contributed by atoms with Crippen LogP contribution in [0, 0.1) is 10.1 Å². The summed E-state index contributed by atoms with van der Waals surface area (Å²) in [5.41, 5.74) is 1.01. The van der Waals surface area contributed by atoms with E-state index in [9.17, 15) is 19.7 Å². The molecule has 120 valence electrons. The predicted molar refractivity (Wildman–Crippen MR) is 90.7 cm³/mol. The molecule has 0 spiro atoms. The lowest BCUT2D eigenvalue weighted by Gasteiger charge is -2.04. The maximum atomic E-state index is 12.2. The highest BCUT2D eigenvalue weighted by Gasteiger charge is 2.13. The molecule has 2 heterocycles. The first-order valence-corrected chi connectivity index (χ1v) is 7.78. The van der Waals surface area contributed by atoms with Gasteiger partial charge in [0, 0.05) is 28.5 Å². The van der Waals surface area contributed by atoms with Crippen LogP contribution in [0.5, 0.6) is 0 Å². The van der Waals surface area contributed by atoms with Crippen LogP contribution in [0.25, 0.3) is 10.9 Å². The Balaban J connectivity index is 1.84. The lowest BCUT2D eigenvalue weighted by Crippen LogP contribution is -2.11. The van der Waals surface area contributed by atoms with Gasteiger partial charge >= 0.3 is 0 Å². The number of pyridine rings is 1.